The fraction of sp³-hybridized carbons (Fsp3) is 0.385. The molecule has 0 amide bonds. The third-order valence-corrected chi connectivity index (χ3v) is 3.66. The summed E-state index contributed by atoms with van der Waals surface area (Å²) in [5, 5.41) is 14.5. The highest BCUT2D eigenvalue weighted by Gasteiger charge is 2.62. The summed E-state index contributed by atoms with van der Waals surface area (Å²) in [7, 11) is 0. The van der Waals surface area contributed by atoms with E-state index in [1.165, 1.54) is 17.3 Å². The molecule has 106 valence electrons. The molecule has 4 nitrogen and oxygen atoms in total. The van der Waals surface area contributed by atoms with Crippen molar-refractivity contribution in [1.29, 1.82) is 0 Å². The van der Waals surface area contributed by atoms with Gasteiger partial charge in [0.15, 0.2) is 0 Å². The van der Waals surface area contributed by atoms with Gasteiger partial charge in [0.1, 0.15) is 35.6 Å². The van der Waals surface area contributed by atoms with Crippen molar-refractivity contribution < 1.29 is 18.3 Å². The lowest BCUT2D eigenvalue weighted by atomic mass is 9.86. The number of benzene rings is 1. The third kappa shape index (κ3) is 1.98. The predicted octanol–water partition coefficient (Wildman–Crippen LogP) is 1.95. The number of halogens is 3. The minimum atomic E-state index is -2.10. The van der Waals surface area contributed by atoms with Crippen LogP contribution >= 0.6 is 0 Å². The lowest BCUT2D eigenvalue weighted by Gasteiger charge is -2.32. The van der Waals surface area contributed by atoms with Crippen LogP contribution in [0.1, 0.15) is 18.4 Å². The lowest BCUT2D eigenvalue weighted by molar-refractivity contribution is -0.0744. The molecule has 0 aliphatic heterocycles. The zero-order valence-corrected chi connectivity index (χ0v) is 10.4. The zero-order valence-electron chi connectivity index (χ0n) is 10.4. The molecule has 1 aromatic heterocycles. The highest BCUT2D eigenvalue weighted by molar-refractivity contribution is 5.31. The molecule has 2 aromatic rings. The number of rotatable bonds is 4. The Hall–Kier alpha value is -1.89. The highest BCUT2D eigenvalue weighted by atomic mass is 19.1. The van der Waals surface area contributed by atoms with Crippen LogP contribution in [0.3, 0.4) is 0 Å². The van der Waals surface area contributed by atoms with E-state index in [4.69, 9.17) is 0 Å². The van der Waals surface area contributed by atoms with E-state index in [-0.39, 0.29) is 24.9 Å². The average Bonchev–Trinajstić information content (AvgIpc) is 2.95. The molecule has 0 bridgehead atoms. The van der Waals surface area contributed by atoms with Gasteiger partial charge in [-0.05, 0) is 18.9 Å². The first-order chi connectivity index (χ1) is 9.45. The van der Waals surface area contributed by atoms with E-state index in [2.05, 4.69) is 10.1 Å². The van der Waals surface area contributed by atoms with Crippen molar-refractivity contribution in [2.24, 2.45) is 0 Å². The van der Waals surface area contributed by atoms with Crippen molar-refractivity contribution in [3.8, 4) is 0 Å². The van der Waals surface area contributed by atoms with Crippen molar-refractivity contribution in [2.45, 2.75) is 30.7 Å². The van der Waals surface area contributed by atoms with Crippen LogP contribution < -0.4 is 0 Å². The van der Waals surface area contributed by atoms with Gasteiger partial charge < -0.3 is 5.11 Å². The van der Waals surface area contributed by atoms with Gasteiger partial charge in [-0.3, -0.25) is 0 Å². The number of hydrogen-bond acceptors (Lipinski definition) is 3. The van der Waals surface area contributed by atoms with Gasteiger partial charge in [-0.25, -0.2) is 22.8 Å². The maximum atomic E-state index is 14.5. The highest BCUT2D eigenvalue weighted by Crippen LogP contribution is 2.54. The minimum Gasteiger partial charge on any atom is -0.380 e. The van der Waals surface area contributed by atoms with Gasteiger partial charge in [0, 0.05) is 11.6 Å². The van der Waals surface area contributed by atoms with E-state index in [1.807, 2.05) is 0 Å². The van der Waals surface area contributed by atoms with E-state index < -0.39 is 22.9 Å². The monoisotopic (exact) mass is 283 g/mol. The second-order valence-electron chi connectivity index (χ2n) is 5.04. The minimum absolute atomic E-state index is 0.120. The molecule has 1 heterocycles. The summed E-state index contributed by atoms with van der Waals surface area (Å²) in [5.41, 5.74) is -4.30. The molecule has 1 atom stereocenters. The molecular formula is C13H12F3N3O. The number of aromatic nitrogens is 3. The molecule has 3 rings (SSSR count). The Morgan fingerprint density at radius 1 is 1.35 bits per heavy atom. The molecule has 0 saturated heterocycles. The number of hydrogen-bond donors (Lipinski definition) is 1. The van der Waals surface area contributed by atoms with Crippen molar-refractivity contribution in [3.05, 3.63) is 48.1 Å². The van der Waals surface area contributed by atoms with Gasteiger partial charge in [0.05, 0.1) is 6.54 Å². The fourth-order valence-electron chi connectivity index (χ4n) is 2.37. The van der Waals surface area contributed by atoms with Crippen LogP contribution in [0, 0.1) is 11.6 Å². The first kappa shape index (κ1) is 13.1. The maximum absolute atomic E-state index is 14.5. The topological polar surface area (TPSA) is 50.9 Å². The van der Waals surface area contributed by atoms with Crippen LogP contribution in [0.15, 0.2) is 30.9 Å². The molecular weight excluding hydrogens is 271 g/mol. The third-order valence-electron chi connectivity index (χ3n) is 3.66. The molecule has 1 aliphatic rings. The molecule has 20 heavy (non-hydrogen) atoms. The second kappa shape index (κ2) is 4.31. The summed E-state index contributed by atoms with van der Waals surface area (Å²) >= 11 is 0. The number of nitrogens with zero attached hydrogens (tertiary/aromatic N) is 3. The van der Waals surface area contributed by atoms with Crippen LogP contribution in [-0.4, -0.2) is 25.5 Å². The summed E-state index contributed by atoms with van der Waals surface area (Å²) < 4.78 is 42.7. The lowest BCUT2D eigenvalue weighted by Crippen LogP contribution is -2.43. The van der Waals surface area contributed by atoms with E-state index in [9.17, 15) is 18.3 Å². The van der Waals surface area contributed by atoms with Crippen LogP contribution in [0.2, 0.25) is 0 Å². The largest absolute Gasteiger partial charge is 0.380 e. The van der Waals surface area contributed by atoms with Crippen molar-refractivity contribution in [2.75, 3.05) is 0 Å². The van der Waals surface area contributed by atoms with Gasteiger partial charge in [-0.1, -0.05) is 6.07 Å². The van der Waals surface area contributed by atoms with Crippen molar-refractivity contribution in [3.63, 3.8) is 0 Å². The first-order valence-electron chi connectivity index (χ1n) is 6.14. The molecule has 0 radical (unpaired) electrons. The fourth-order valence-corrected chi connectivity index (χ4v) is 2.37. The summed E-state index contributed by atoms with van der Waals surface area (Å²) in [5.74, 6) is -1.75. The van der Waals surface area contributed by atoms with Gasteiger partial charge in [0.2, 0.25) is 0 Å². The number of aliphatic hydroxyl groups is 1. The van der Waals surface area contributed by atoms with Gasteiger partial charge in [0.25, 0.3) is 0 Å². The molecule has 0 spiro atoms. The SMILES string of the molecule is OC(Cn1cncn1)(c1ccc(F)cc1F)C1(F)CC1. The van der Waals surface area contributed by atoms with Gasteiger partial charge in [-0.15, -0.1) is 0 Å². The zero-order chi connectivity index (χ0) is 14.4. The van der Waals surface area contributed by atoms with Gasteiger partial charge in [-0.2, -0.15) is 5.10 Å². The molecule has 1 unspecified atom stereocenters. The van der Waals surface area contributed by atoms with Crippen LogP contribution in [0.5, 0.6) is 0 Å². The molecule has 1 N–H and O–H groups in total. The Morgan fingerprint density at radius 2 is 2.10 bits per heavy atom. The molecule has 1 aromatic carbocycles. The van der Waals surface area contributed by atoms with Crippen LogP contribution in [0.4, 0.5) is 13.2 Å². The van der Waals surface area contributed by atoms with E-state index >= 15 is 0 Å². The van der Waals surface area contributed by atoms with Crippen LogP contribution in [0.25, 0.3) is 0 Å². The summed E-state index contributed by atoms with van der Waals surface area (Å²) in [6.07, 6.45) is 2.78. The predicted molar refractivity (Wildman–Crippen MR) is 63.3 cm³/mol. The molecule has 7 heteroatoms. The summed E-state index contributed by atoms with van der Waals surface area (Å²) in [6, 6.07) is 2.70. The number of alkyl halides is 1. The Morgan fingerprint density at radius 3 is 2.65 bits per heavy atom. The smallest absolute Gasteiger partial charge is 0.146 e. The van der Waals surface area contributed by atoms with Crippen molar-refractivity contribution in [1.82, 2.24) is 14.8 Å². The van der Waals surface area contributed by atoms with E-state index in [1.54, 1.807) is 0 Å². The first-order valence-corrected chi connectivity index (χ1v) is 6.14. The summed E-state index contributed by atoms with van der Waals surface area (Å²) in [4.78, 5) is 3.70. The maximum Gasteiger partial charge on any atom is 0.146 e. The Bertz CT molecular complexity index is 628. The second-order valence-corrected chi connectivity index (χ2v) is 5.04. The Labute approximate surface area is 112 Å². The van der Waals surface area contributed by atoms with Crippen molar-refractivity contribution >= 4 is 0 Å². The summed E-state index contributed by atoms with van der Waals surface area (Å²) in [6.45, 7) is -0.286. The normalized spacial score (nSPS) is 19.6. The standard InChI is InChI=1S/C13H12F3N3O/c14-9-1-2-10(11(15)5-9)13(20,12(16)3-4-12)6-19-8-17-7-18-19/h1-2,5,7-8,20H,3-4,6H2. The van der Waals surface area contributed by atoms with E-state index in [0.29, 0.717) is 6.07 Å². The Balaban J connectivity index is 2.06. The molecule has 1 saturated carbocycles. The van der Waals surface area contributed by atoms with Gasteiger partial charge >= 0.3 is 0 Å². The molecule has 1 fully saturated rings. The quantitative estimate of drug-likeness (QED) is 0.933. The molecule has 1 aliphatic carbocycles. The van der Waals surface area contributed by atoms with Crippen LogP contribution in [-0.2, 0) is 12.1 Å². The average molecular weight is 283 g/mol. The van der Waals surface area contributed by atoms with E-state index in [0.717, 1.165) is 12.1 Å². The Kier molecular flexibility index (Phi) is 2.82.